The number of hydrogen-bond acceptors (Lipinski definition) is 7. The molecule has 4 rings (SSSR count). The van der Waals surface area contributed by atoms with E-state index in [1.807, 2.05) is 19.1 Å². The quantitative estimate of drug-likeness (QED) is 0.814. The van der Waals surface area contributed by atoms with Gasteiger partial charge in [0.05, 0.1) is 6.54 Å². The first-order valence-corrected chi connectivity index (χ1v) is 9.28. The third kappa shape index (κ3) is 3.83. The van der Waals surface area contributed by atoms with Crippen molar-refractivity contribution >= 4 is 0 Å². The van der Waals surface area contributed by atoms with Crippen LogP contribution in [0.2, 0.25) is 0 Å². The van der Waals surface area contributed by atoms with E-state index in [1.54, 1.807) is 0 Å². The van der Waals surface area contributed by atoms with Crippen LogP contribution in [0.1, 0.15) is 36.5 Å². The molecule has 1 aromatic carbocycles. The number of aryl methyl sites for hydroxylation is 1. The van der Waals surface area contributed by atoms with Crippen LogP contribution >= 0.6 is 0 Å². The van der Waals surface area contributed by atoms with Crippen LogP contribution in [0.15, 0.2) is 22.7 Å². The molecule has 26 heavy (non-hydrogen) atoms. The minimum atomic E-state index is 0.328. The van der Waals surface area contributed by atoms with E-state index < -0.39 is 0 Å². The number of hydrogen-bond donors (Lipinski definition) is 0. The molecule has 2 aliphatic rings. The fraction of sp³-hybridized carbons (Fsp3) is 0.579. The van der Waals surface area contributed by atoms with Gasteiger partial charge in [0.15, 0.2) is 17.3 Å². The number of aromatic nitrogens is 2. The highest BCUT2D eigenvalue weighted by molar-refractivity contribution is 5.48. The van der Waals surface area contributed by atoms with Crippen LogP contribution in [0.5, 0.6) is 11.5 Å². The smallest absolute Gasteiger partial charge is 0.231 e. The first-order chi connectivity index (χ1) is 12.7. The van der Waals surface area contributed by atoms with Gasteiger partial charge in [0, 0.05) is 25.1 Å². The molecule has 1 saturated heterocycles. The van der Waals surface area contributed by atoms with Crippen molar-refractivity contribution in [3.8, 4) is 11.5 Å². The van der Waals surface area contributed by atoms with E-state index in [9.17, 15) is 0 Å². The van der Waals surface area contributed by atoms with Gasteiger partial charge in [-0.25, -0.2) is 0 Å². The topological polar surface area (TPSA) is 63.9 Å². The van der Waals surface area contributed by atoms with Gasteiger partial charge in [0.2, 0.25) is 12.7 Å². The van der Waals surface area contributed by atoms with Crippen LogP contribution in [0.25, 0.3) is 0 Å². The van der Waals surface area contributed by atoms with E-state index in [-0.39, 0.29) is 0 Å². The van der Waals surface area contributed by atoms with Crippen LogP contribution in [-0.4, -0.2) is 52.9 Å². The molecule has 0 aliphatic carbocycles. The van der Waals surface area contributed by atoms with E-state index in [0.717, 1.165) is 49.9 Å². The van der Waals surface area contributed by atoms with Crippen LogP contribution in [0.4, 0.5) is 0 Å². The summed E-state index contributed by atoms with van der Waals surface area (Å²) < 4.78 is 16.2. The maximum Gasteiger partial charge on any atom is 0.231 e. The maximum atomic E-state index is 5.65. The number of fused-ring (bicyclic) bond motifs is 1. The molecule has 2 aliphatic heterocycles. The number of ether oxygens (including phenoxy) is 2. The summed E-state index contributed by atoms with van der Waals surface area (Å²) >= 11 is 0. The molecule has 7 nitrogen and oxygen atoms in total. The summed E-state index contributed by atoms with van der Waals surface area (Å²) in [5.74, 6) is 3.17. The van der Waals surface area contributed by atoms with Gasteiger partial charge in [-0.15, -0.1) is 0 Å². The summed E-state index contributed by atoms with van der Waals surface area (Å²) in [6.07, 6.45) is 3.52. The zero-order chi connectivity index (χ0) is 17.9. The largest absolute Gasteiger partial charge is 0.454 e. The lowest BCUT2D eigenvalue weighted by Gasteiger charge is -2.26. The van der Waals surface area contributed by atoms with Gasteiger partial charge >= 0.3 is 0 Å². The van der Waals surface area contributed by atoms with Gasteiger partial charge in [-0.2, -0.15) is 4.98 Å². The van der Waals surface area contributed by atoms with Crippen molar-refractivity contribution in [2.75, 3.05) is 26.9 Å². The van der Waals surface area contributed by atoms with Gasteiger partial charge in [0.1, 0.15) is 0 Å². The normalized spacial score (nSPS) is 20.5. The molecule has 3 heterocycles. The molecule has 0 spiro atoms. The van der Waals surface area contributed by atoms with E-state index >= 15 is 0 Å². The Morgan fingerprint density at radius 3 is 3.00 bits per heavy atom. The lowest BCUT2D eigenvalue weighted by atomic mass is 10.1. The van der Waals surface area contributed by atoms with Crippen molar-refractivity contribution in [3.63, 3.8) is 0 Å². The lowest BCUT2D eigenvalue weighted by Crippen LogP contribution is -2.33. The molecular weight excluding hydrogens is 332 g/mol. The number of likely N-dealkylation sites (tertiary alicyclic amines) is 1. The predicted octanol–water partition coefficient (Wildman–Crippen LogP) is 2.59. The molecule has 0 bridgehead atoms. The molecule has 7 heteroatoms. The molecule has 0 amide bonds. The van der Waals surface area contributed by atoms with Crippen LogP contribution in [0.3, 0.4) is 0 Å². The third-order valence-corrected chi connectivity index (χ3v) is 5.25. The molecule has 1 aromatic heterocycles. The Labute approximate surface area is 153 Å². The van der Waals surface area contributed by atoms with Crippen LogP contribution < -0.4 is 9.47 Å². The SMILES string of the molecule is Cc1nc(CN(C)[C@H]2CCCN(Cc3cccc4c3OCO4)CC2)no1. The molecule has 1 atom stereocenters. The fourth-order valence-electron chi connectivity index (χ4n) is 3.85. The minimum Gasteiger partial charge on any atom is -0.454 e. The van der Waals surface area contributed by atoms with E-state index in [0.29, 0.717) is 18.7 Å². The van der Waals surface area contributed by atoms with Crippen molar-refractivity contribution in [2.24, 2.45) is 0 Å². The first-order valence-electron chi connectivity index (χ1n) is 9.28. The van der Waals surface area contributed by atoms with Crippen molar-refractivity contribution in [1.29, 1.82) is 0 Å². The second kappa shape index (κ2) is 7.63. The monoisotopic (exact) mass is 358 g/mol. The van der Waals surface area contributed by atoms with Crippen LogP contribution in [0, 0.1) is 6.92 Å². The Morgan fingerprint density at radius 1 is 1.23 bits per heavy atom. The van der Waals surface area contributed by atoms with E-state index in [4.69, 9.17) is 14.0 Å². The Hall–Kier alpha value is -2.12. The average Bonchev–Trinajstić information content (AvgIpc) is 3.20. The second-order valence-electron chi connectivity index (χ2n) is 7.16. The standard InChI is InChI=1S/C19H26N4O3/c1-14-20-18(21-26-14)12-22(2)16-6-4-9-23(10-8-16)11-15-5-3-7-17-19(15)25-13-24-17/h3,5,7,16H,4,6,8-13H2,1-2H3/t16-/m0/s1. The van der Waals surface area contributed by atoms with Crippen molar-refractivity contribution in [3.05, 3.63) is 35.5 Å². The van der Waals surface area contributed by atoms with Crippen molar-refractivity contribution in [2.45, 2.75) is 45.3 Å². The Kier molecular flexibility index (Phi) is 5.08. The predicted molar refractivity (Wildman–Crippen MR) is 96.0 cm³/mol. The number of para-hydroxylation sites is 1. The summed E-state index contributed by atoms with van der Waals surface area (Å²) in [6, 6.07) is 6.70. The van der Waals surface area contributed by atoms with Crippen LogP contribution in [-0.2, 0) is 13.1 Å². The van der Waals surface area contributed by atoms with Crippen molar-refractivity contribution < 1.29 is 14.0 Å². The fourth-order valence-corrected chi connectivity index (χ4v) is 3.85. The molecular formula is C19H26N4O3. The Morgan fingerprint density at radius 2 is 2.15 bits per heavy atom. The molecule has 1 fully saturated rings. The first kappa shape index (κ1) is 17.3. The van der Waals surface area contributed by atoms with Gasteiger partial charge in [-0.05, 0) is 45.5 Å². The molecule has 0 saturated carbocycles. The van der Waals surface area contributed by atoms with E-state index in [2.05, 4.69) is 33.1 Å². The van der Waals surface area contributed by atoms with Gasteiger partial charge in [0.25, 0.3) is 0 Å². The van der Waals surface area contributed by atoms with Gasteiger partial charge in [-0.3, -0.25) is 9.80 Å². The summed E-state index contributed by atoms with van der Waals surface area (Å²) in [6.45, 7) is 5.98. The highest BCUT2D eigenvalue weighted by Gasteiger charge is 2.24. The summed E-state index contributed by atoms with van der Waals surface area (Å²) in [5.41, 5.74) is 1.22. The number of benzene rings is 1. The molecule has 0 unspecified atom stereocenters. The zero-order valence-electron chi connectivity index (χ0n) is 15.5. The summed E-state index contributed by atoms with van der Waals surface area (Å²) in [4.78, 5) is 9.19. The molecule has 140 valence electrons. The third-order valence-electron chi connectivity index (χ3n) is 5.25. The molecule has 2 aromatic rings. The summed E-state index contributed by atoms with van der Waals surface area (Å²) in [5, 5.41) is 4.01. The Bertz CT molecular complexity index is 748. The molecule has 0 radical (unpaired) electrons. The number of nitrogens with zero attached hydrogens (tertiary/aromatic N) is 4. The molecule has 0 N–H and O–H groups in total. The average molecular weight is 358 g/mol. The van der Waals surface area contributed by atoms with Gasteiger partial charge in [-0.1, -0.05) is 17.3 Å². The highest BCUT2D eigenvalue weighted by Crippen LogP contribution is 2.36. The van der Waals surface area contributed by atoms with E-state index in [1.165, 1.54) is 18.4 Å². The van der Waals surface area contributed by atoms with Gasteiger partial charge < -0.3 is 14.0 Å². The number of rotatable bonds is 5. The lowest BCUT2D eigenvalue weighted by molar-refractivity contribution is 0.171. The van der Waals surface area contributed by atoms with Crippen molar-refractivity contribution in [1.82, 2.24) is 19.9 Å². The second-order valence-corrected chi connectivity index (χ2v) is 7.16. The maximum absolute atomic E-state index is 5.65. The Balaban J connectivity index is 1.34. The minimum absolute atomic E-state index is 0.328. The summed E-state index contributed by atoms with van der Waals surface area (Å²) in [7, 11) is 2.15. The zero-order valence-corrected chi connectivity index (χ0v) is 15.5. The highest BCUT2D eigenvalue weighted by atomic mass is 16.7.